The van der Waals surface area contributed by atoms with Crippen LogP contribution in [-0.4, -0.2) is 4.98 Å². The summed E-state index contributed by atoms with van der Waals surface area (Å²) in [7, 11) is 0. The highest BCUT2D eigenvalue weighted by atomic mass is 15.1. The summed E-state index contributed by atoms with van der Waals surface area (Å²) in [4.78, 5) is 3.93. The predicted molar refractivity (Wildman–Crippen MR) is 140 cm³/mol. The van der Waals surface area contributed by atoms with Crippen molar-refractivity contribution in [1.29, 1.82) is 0 Å². The Morgan fingerprint density at radius 2 is 1.26 bits per heavy atom. The lowest BCUT2D eigenvalue weighted by Gasteiger charge is -2.51. The largest absolute Gasteiger partial charge is 0.374 e. The molecular formula is C32H28N2. The van der Waals surface area contributed by atoms with Gasteiger partial charge in [0.2, 0.25) is 0 Å². The minimum Gasteiger partial charge on any atom is -0.374 e. The van der Waals surface area contributed by atoms with Crippen LogP contribution < -0.4 is 5.32 Å². The van der Waals surface area contributed by atoms with E-state index in [1.807, 2.05) is 0 Å². The first-order valence-electron chi connectivity index (χ1n) is 12.2. The van der Waals surface area contributed by atoms with E-state index in [1.165, 1.54) is 44.5 Å². The maximum atomic E-state index is 4.14. The van der Waals surface area contributed by atoms with Gasteiger partial charge in [-0.25, -0.2) is 0 Å². The molecule has 0 unspecified atom stereocenters. The molecular weight excluding hydrogens is 412 g/mol. The second-order valence-electron chi connectivity index (χ2n) is 10.3. The highest BCUT2D eigenvalue weighted by Crippen LogP contribution is 2.68. The second kappa shape index (κ2) is 6.64. The van der Waals surface area contributed by atoms with Gasteiger partial charge in [-0.3, -0.25) is 0 Å². The van der Waals surface area contributed by atoms with Gasteiger partial charge in [0.1, 0.15) is 0 Å². The Labute approximate surface area is 200 Å². The molecule has 7 rings (SSSR count). The van der Waals surface area contributed by atoms with Crippen molar-refractivity contribution in [3.63, 3.8) is 0 Å². The molecule has 0 radical (unpaired) electrons. The number of H-pyrrole nitrogens is 1. The molecule has 0 fully saturated rings. The van der Waals surface area contributed by atoms with E-state index < -0.39 is 0 Å². The molecule has 0 amide bonds. The van der Waals surface area contributed by atoms with E-state index >= 15 is 0 Å². The van der Waals surface area contributed by atoms with Gasteiger partial charge in [0.05, 0.1) is 5.54 Å². The number of aromatic amines is 1. The van der Waals surface area contributed by atoms with Crippen LogP contribution in [0.3, 0.4) is 0 Å². The zero-order valence-corrected chi connectivity index (χ0v) is 19.6. The zero-order valence-electron chi connectivity index (χ0n) is 19.6. The van der Waals surface area contributed by atoms with Crippen LogP contribution in [0.15, 0.2) is 109 Å². The van der Waals surface area contributed by atoms with Crippen LogP contribution in [0, 0.1) is 0 Å². The van der Waals surface area contributed by atoms with E-state index in [2.05, 4.69) is 133 Å². The molecule has 2 N–H and O–H groups in total. The fourth-order valence-corrected chi connectivity index (χ4v) is 7.21. The molecule has 1 aliphatic heterocycles. The number of fused-ring (bicyclic) bond motifs is 5. The van der Waals surface area contributed by atoms with Gasteiger partial charge in [-0.1, -0.05) is 104 Å². The van der Waals surface area contributed by atoms with Crippen molar-refractivity contribution in [2.45, 2.75) is 36.6 Å². The van der Waals surface area contributed by atoms with Crippen LogP contribution in [0.25, 0.3) is 10.9 Å². The van der Waals surface area contributed by atoms with Crippen molar-refractivity contribution in [3.8, 4) is 0 Å². The Morgan fingerprint density at radius 3 is 2.00 bits per heavy atom. The molecule has 1 aliphatic carbocycles. The van der Waals surface area contributed by atoms with Crippen molar-refractivity contribution in [2.24, 2.45) is 0 Å². The molecule has 34 heavy (non-hydrogen) atoms. The summed E-state index contributed by atoms with van der Waals surface area (Å²) in [5, 5.41) is 5.46. The molecule has 3 atom stereocenters. The number of anilines is 1. The van der Waals surface area contributed by atoms with Gasteiger partial charge < -0.3 is 10.3 Å². The van der Waals surface area contributed by atoms with E-state index in [4.69, 9.17) is 0 Å². The minimum atomic E-state index is -0.294. The molecule has 2 heterocycles. The predicted octanol–water partition coefficient (Wildman–Crippen LogP) is 7.31. The number of para-hydroxylation sites is 2. The quantitative estimate of drug-likeness (QED) is 0.296. The van der Waals surface area contributed by atoms with E-state index in [0.717, 1.165) is 6.42 Å². The summed E-state index contributed by atoms with van der Waals surface area (Å²) in [5.41, 5.74) is 8.45. The van der Waals surface area contributed by atoms with Crippen molar-refractivity contribution < 1.29 is 0 Å². The molecule has 2 aliphatic rings. The van der Waals surface area contributed by atoms with Crippen LogP contribution >= 0.6 is 0 Å². The number of aromatic nitrogens is 1. The Kier molecular flexibility index (Phi) is 3.84. The van der Waals surface area contributed by atoms with Crippen LogP contribution in [0.2, 0.25) is 0 Å². The van der Waals surface area contributed by atoms with Gasteiger partial charge in [0.15, 0.2) is 0 Å². The molecule has 2 nitrogen and oxygen atoms in total. The molecule has 4 aromatic carbocycles. The smallest absolute Gasteiger partial charge is 0.0796 e. The van der Waals surface area contributed by atoms with E-state index in [9.17, 15) is 0 Å². The van der Waals surface area contributed by atoms with Crippen LogP contribution in [-0.2, 0) is 22.8 Å². The van der Waals surface area contributed by atoms with Gasteiger partial charge in [-0.2, -0.15) is 0 Å². The van der Waals surface area contributed by atoms with Crippen LogP contribution in [0.4, 0.5) is 5.69 Å². The third-order valence-electron chi connectivity index (χ3n) is 9.01. The van der Waals surface area contributed by atoms with Crippen LogP contribution in [0.5, 0.6) is 0 Å². The Balaban J connectivity index is 1.65. The lowest BCUT2D eigenvalue weighted by atomic mass is 9.54. The average Bonchev–Trinajstić information content (AvgIpc) is 3.52. The number of rotatable bonds is 2. The summed E-state index contributed by atoms with van der Waals surface area (Å²) in [6.45, 7) is 4.93. The molecule has 166 valence electrons. The van der Waals surface area contributed by atoms with E-state index in [-0.39, 0.29) is 16.4 Å². The third kappa shape index (κ3) is 2.17. The summed E-state index contributed by atoms with van der Waals surface area (Å²) in [6.07, 6.45) is 0.950. The average molecular weight is 441 g/mol. The van der Waals surface area contributed by atoms with Gasteiger partial charge in [0, 0.05) is 45.1 Å². The maximum Gasteiger partial charge on any atom is 0.0796 e. The van der Waals surface area contributed by atoms with E-state index in [0.29, 0.717) is 0 Å². The summed E-state index contributed by atoms with van der Waals surface area (Å²) >= 11 is 0. The van der Waals surface area contributed by atoms with Crippen molar-refractivity contribution in [3.05, 3.63) is 137 Å². The molecule has 5 aromatic rings. The minimum absolute atomic E-state index is 0.257. The number of nitrogens with one attached hydrogen (secondary N) is 2. The van der Waals surface area contributed by atoms with Crippen molar-refractivity contribution in [2.75, 3.05) is 5.32 Å². The molecule has 0 saturated heterocycles. The van der Waals surface area contributed by atoms with Crippen molar-refractivity contribution >= 4 is 16.6 Å². The highest BCUT2D eigenvalue weighted by molar-refractivity contribution is 5.91. The Hall–Kier alpha value is -3.78. The van der Waals surface area contributed by atoms with Gasteiger partial charge in [0.25, 0.3) is 0 Å². The topological polar surface area (TPSA) is 27.8 Å². The van der Waals surface area contributed by atoms with E-state index in [1.54, 1.807) is 0 Å². The summed E-state index contributed by atoms with van der Waals surface area (Å²) in [6, 6.07) is 39.9. The zero-order chi connectivity index (χ0) is 23.0. The first-order chi connectivity index (χ1) is 16.6. The maximum absolute atomic E-state index is 4.14. The summed E-state index contributed by atoms with van der Waals surface area (Å²) < 4.78 is 0. The number of benzene rings is 4. The summed E-state index contributed by atoms with van der Waals surface area (Å²) in [5.74, 6) is 0. The third-order valence-corrected chi connectivity index (χ3v) is 9.01. The van der Waals surface area contributed by atoms with Crippen molar-refractivity contribution in [1.82, 2.24) is 4.98 Å². The number of hydrogen-bond acceptors (Lipinski definition) is 1. The first kappa shape index (κ1) is 19.7. The molecule has 0 bridgehead atoms. The van der Waals surface area contributed by atoms with Gasteiger partial charge >= 0.3 is 0 Å². The van der Waals surface area contributed by atoms with Crippen LogP contribution in [0.1, 0.15) is 41.8 Å². The molecule has 2 heteroatoms. The highest BCUT2D eigenvalue weighted by Gasteiger charge is 2.69. The monoisotopic (exact) mass is 440 g/mol. The fourth-order valence-electron chi connectivity index (χ4n) is 7.21. The lowest BCUT2D eigenvalue weighted by molar-refractivity contribution is 0.211. The Bertz CT molecular complexity index is 1510. The first-order valence-corrected chi connectivity index (χ1v) is 12.2. The fraction of sp³-hybridized carbons (Fsp3) is 0.188. The Morgan fingerprint density at radius 1 is 0.647 bits per heavy atom. The van der Waals surface area contributed by atoms with Gasteiger partial charge in [-0.05, 0) is 35.7 Å². The SMILES string of the molecule is C[C@@]1(c2ccccc2)c2[nH]c3ccccc3c2[C@@]2(Cc3ccccc3N2)[C@@]1(C)c1ccccc1. The molecule has 1 spiro atoms. The molecule has 0 saturated carbocycles. The lowest BCUT2D eigenvalue weighted by Crippen LogP contribution is -2.57. The normalized spacial score (nSPS) is 27.0. The standard InChI is InChI=1S/C32H28N2/c1-30(23-14-5-3-6-15-23)29-28(25-18-10-12-20-27(25)33-29)32(21-22-13-9-11-19-26(22)34-32)31(30,2)24-16-7-4-8-17-24/h3-20,33-34H,21H2,1-2H3/t30-,31+,32+/m1/s1. The second-order valence-corrected chi connectivity index (χ2v) is 10.3. The molecule has 1 aromatic heterocycles. The van der Waals surface area contributed by atoms with Gasteiger partial charge in [-0.15, -0.1) is 0 Å². The number of hydrogen-bond donors (Lipinski definition) is 2.